The van der Waals surface area contributed by atoms with Crippen LogP contribution < -0.4 is 5.73 Å². The first-order chi connectivity index (χ1) is 7.47. The van der Waals surface area contributed by atoms with Crippen LogP contribution in [0.3, 0.4) is 0 Å². The molecule has 88 valence electrons. The van der Waals surface area contributed by atoms with E-state index in [9.17, 15) is 4.79 Å². The molecule has 0 radical (unpaired) electrons. The van der Waals surface area contributed by atoms with Gasteiger partial charge in [-0.1, -0.05) is 43.1 Å². The second-order valence-electron chi connectivity index (χ2n) is 4.36. The quantitative estimate of drug-likeness (QED) is 0.859. The number of carbonyl (C=O) groups is 1. The third kappa shape index (κ3) is 3.32. The molecular weight excluding hydrogens is 222 g/mol. The topological polar surface area (TPSA) is 43.1 Å². The van der Waals surface area contributed by atoms with Crippen molar-refractivity contribution in [3.05, 3.63) is 34.9 Å². The van der Waals surface area contributed by atoms with Crippen LogP contribution in [0, 0.1) is 0 Å². The standard InChI is InChI=1S/C13H18ClNO/c1-3-8-13(2,15)12(16)9-10-6-4-5-7-11(10)14/h4-7H,3,8-9,15H2,1-2H3. The lowest BCUT2D eigenvalue weighted by Crippen LogP contribution is -2.45. The smallest absolute Gasteiger partial charge is 0.156 e. The van der Waals surface area contributed by atoms with Crippen LogP contribution in [0.5, 0.6) is 0 Å². The van der Waals surface area contributed by atoms with Crippen LogP contribution in [0.2, 0.25) is 5.02 Å². The van der Waals surface area contributed by atoms with Crippen molar-refractivity contribution >= 4 is 17.4 Å². The van der Waals surface area contributed by atoms with Crippen molar-refractivity contribution in [2.75, 3.05) is 0 Å². The Kier molecular flexibility index (Phi) is 4.51. The summed E-state index contributed by atoms with van der Waals surface area (Å²) in [6.07, 6.45) is 1.92. The summed E-state index contributed by atoms with van der Waals surface area (Å²) in [5.41, 5.74) is 6.08. The number of halogens is 1. The number of hydrogen-bond donors (Lipinski definition) is 1. The molecule has 16 heavy (non-hydrogen) atoms. The average Bonchev–Trinajstić information content (AvgIpc) is 2.21. The molecule has 3 heteroatoms. The van der Waals surface area contributed by atoms with Gasteiger partial charge >= 0.3 is 0 Å². The molecule has 0 aliphatic carbocycles. The van der Waals surface area contributed by atoms with E-state index in [1.807, 2.05) is 25.1 Å². The molecular formula is C13H18ClNO. The molecule has 0 bridgehead atoms. The number of rotatable bonds is 5. The summed E-state index contributed by atoms with van der Waals surface area (Å²) >= 11 is 6.00. The van der Waals surface area contributed by atoms with Gasteiger partial charge in [0.25, 0.3) is 0 Å². The van der Waals surface area contributed by atoms with Gasteiger partial charge in [0.05, 0.1) is 5.54 Å². The van der Waals surface area contributed by atoms with Crippen molar-refractivity contribution in [3.63, 3.8) is 0 Å². The van der Waals surface area contributed by atoms with Crippen LogP contribution in [-0.4, -0.2) is 11.3 Å². The van der Waals surface area contributed by atoms with Crippen molar-refractivity contribution in [2.45, 2.75) is 38.6 Å². The molecule has 1 atom stereocenters. The van der Waals surface area contributed by atoms with Crippen LogP contribution in [0.4, 0.5) is 0 Å². The molecule has 0 amide bonds. The van der Waals surface area contributed by atoms with Gasteiger partial charge in [0.15, 0.2) is 5.78 Å². The molecule has 1 rings (SSSR count). The van der Waals surface area contributed by atoms with E-state index < -0.39 is 5.54 Å². The Hall–Kier alpha value is -0.860. The zero-order chi connectivity index (χ0) is 12.2. The maximum absolute atomic E-state index is 12.0. The Balaban J connectivity index is 2.75. The minimum absolute atomic E-state index is 0.0439. The van der Waals surface area contributed by atoms with E-state index in [-0.39, 0.29) is 5.78 Å². The van der Waals surface area contributed by atoms with E-state index >= 15 is 0 Å². The van der Waals surface area contributed by atoms with Crippen molar-refractivity contribution in [1.82, 2.24) is 0 Å². The lowest BCUT2D eigenvalue weighted by atomic mass is 9.88. The van der Waals surface area contributed by atoms with Crippen LogP contribution in [0.15, 0.2) is 24.3 Å². The van der Waals surface area contributed by atoms with Gasteiger partial charge < -0.3 is 5.73 Å². The second kappa shape index (κ2) is 5.46. The summed E-state index contributed by atoms with van der Waals surface area (Å²) in [6, 6.07) is 7.38. The van der Waals surface area contributed by atoms with Gasteiger partial charge in [0.1, 0.15) is 0 Å². The van der Waals surface area contributed by atoms with Crippen LogP contribution in [-0.2, 0) is 11.2 Å². The second-order valence-corrected chi connectivity index (χ2v) is 4.77. The molecule has 0 aliphatic rings. The summed E-state index contributed by atoms with van der Waals surface area (Å²) in [6.45, 7) is 3.81. The summed E-state index contributed by atoms with van der Waals surface area (Å²) < 4.78 is 0. The highest BCUT2D eigenvalue weighted by Crippen LogP contribution is 2.19. The number of benzene rings is 1. The van der Waals surface area contributed by atoms with Crippen molar-refractivity contribution in [1.29, 1.82) is 0 Å². The Morgan fingerprint density at radius 2 is 2.06 bits per heavy atom. The van der Waals surface area contributed by atoms with Gasteiger partial charge in [0.2, 0.25) is 0 Å². The van der Waals surface area contributed by atoms with Gasteiger partial charge in [-0.25, -0.2) is 0 Å². The van der Waals surface area contributed by atoms with E-state index in [1.165, 1.54) is 0 Å². The summed E-state index contributed by atoms with van der Waals surface area (Å²) in [7, 11) is 0. The maximum Gasteiger partial charge on any atom is 0.156 e. The van der Waals surface area contributed by atoms with Gasteiger partial charge in [-0.15, -0.1) is 0 Å². The third-order valence-electron chi connectivity index (χ3n) is 2.72. The van der Waals surface area contributed by atoms with Crippen molar-refractivity contribution in [2.24, 2.45) is 5.73 Å². The molecule has 0 saturated carbocycles. The number of nitrogens with two attached hydrogens (primary N) is 1. The Morgan fingerprint density at radius 1 is 1.44 bits per heavy atom. The molecule has 0 aliphatic heterocycles. The SMILES string of the molecule is CCCC(C)(N)C(=O)Cc1ccccc1Cl. The first-order valence-corrected chi connectivity index (χ1v) is 5.90. The van der Waals surface area contributed by atoms with Crippen LogP contribution in [0.25, 0.3) is 0 Å². The largest absolute Gasteiger partial charge is 0.319 e. The lowest BCUT2D eigenvalue weighted by Gasteiger charge is -2.22. The van der Waals surface area contributed by atoms with E-state index in [0.29, 0.717) is 17.9 Å². The van der Waals surface area contributed by atoms with E-state index in [2.05, 4.69) is 0 Å². The minimum atomic E-state index is -0.742. The molecule has 0 saturated heterocycles. The fourth-order valence-corrected chi connectivity index (χ4v) is 1.88. The first kappa shape index (κ1) is 13.2. The summed E-state index contributed by atoms with van der Waals surface area (Å²) in [5, 5.41) is 0.628. The highest BCUT2D eigenvalue weighted by molar-refractivity contribution is 6.31. The maximum atomic E-state index is 12.0. The normalized spacial score (nSPS) is 14.5. The zero-order valence-corrected chi connectivity index (χ0v) is 10.6. The Morgan fingerprint density at radius 3 is 2.62 bits per heavy atom. The third-order valence-corrected chi connectivity index (χ3v) is 3.08. The minimum Gasteiger partial charge on any atom is -0.319 e. The lowest BCUT2D eigenvalue weighted by molar-refractivity contribution is -0.123. The zero-order valence-electron chi connectivity index (χ0n) is 9.79. The molecule has 0 fully saturated rings. The highest BCUT2D eigenvalue weighted by atomic mass is 35.5. The molecule has 2 nitrogen and oxygen atoms in total. The van der Waals surface area contributed by atoms with E-state index in [4.69, 9.17) is 17.3 Å². The Bertz CT molecular complexity index is 374. The average molecular weight is 240 g/mol. The Labute approximate surface area is 102 Å². The van der Waals surface area contributed by atoms with Gasteiger partial charge in [-0.2, -0.15) is 0 Å². The molecule has 0 spiro atoms. The first-order valence-electron chi connectivity index (χ1n) is 5.53. The van der Waals surface area contributed by atoms with Crippen molar-refractivity contribution in [3.8, 4) is 0 Å². The molecule has 0 aromatic heterocycles. The van der Waals surface area contributed by atoms with Gasteiger partial charge in [-0.3, -0.25) is 4.79 Å². The monoisotopic (exact) mass is 239 g/mol. The molecule has 1 unspecified atom stereocenters. The van der Waals surface area contributed by atoms with Crippen molar-refractivity contribution < 1.29 is 4.79 Å². The molecule has 1 aromatic carbocycles. The summed E-state index contributed by atoms with van der Waals surface area (Å²) in [5.74, 6) is 0.0439. The van der Waals surface area contributed by atoms with Crippen LogP contribution >= 0.6 is 11.6 Å². The number of hydrogen-bond acceptors (Lipinski definition) is 2. The fourth-order valence-electron chi connectivity index (χ4n) is 1.68. The number of Topliss-reactive ketones (excluding diaryl/α,β-unsaturated/α-hetero) is 1. The molecule has 1 aromatic rings. The van der Waals surface area contributed by atoms with Gasteiger partial charge in [-0.05, 0) is 25.0 Å². The van der Waals surface area contributed by atoms with E-state index in [1.54, 1.807) is 13.0 Å². The van der Waals surface area contributed by atoms with Crippen LogP contribution in [0.1, 0.15) is 32.3 Å². The van der Waals surface area contributed by atoms with Gasteiger partial charge in [0, 0.05) is 11.4 Å². The number of ketones is 1. The van der Waals surface area contributed by atoms with E-state index in [0.717, 1.165) is 12.0 Å². The fraction of sp³-hybridized carbons (Fsp3) is 0.462. The summed E-state index contributed by atoms with van der Waals surface area (Å²) in [4.78, 5) is 12.0. The number of carbonyl (C=O) groups excluding carboxylic acids is 1. The molecule has 2 N–H and O–H groups in total. The molecule has 0 heterocycles. The highest BCUT2D eigenvalue weighted by Gasteiger charge is 2.27. The predicted octanol–water partition coefficient (Wildman–Crippen LogP) is 2.97. The predicted molar refractivity (Wildman–Crippen MR) is 67.7 cm³/mol.